The molecule has 5 nitrogen and oxygen atoms in total. The van der Waals surface area contributed by atoms with Crippen LogP contribution in [0.1, 0.15) is 30.9 Å². The molecule has 0 radical (unpaired) electrons. The maximum Gasteiger partial charge on any atom is 0.244 e. The van der Waals surface area contributed by atoms with Crippen LogP contribution in [0.2, 0.25) is 0 Å². The van der Waals surface area contributed by atoms with E-state index in [1.165, 1.54) is 0 Å². The number of para-hydroxylation sites is 1. The van der Waals surface area contributed by atoms with E-state index in [0.29, 0.717) is 19.4 Å². The van der Waals surface area contributed by atoms with E-state index in [0.717, 1.165) is 23.2 Å². The SMILES string of the molecule is CCCN(CC(=O)Nc1ccccc1C)C(=O)CCc1cccnc1. The number of carbonyl (C=O) groups excluding carboxylic acids is 2. The summed E-state index contributed by atoms with van der Waals surface area (Å²) in [7, 11) is 0. The molecule has 0 fully saturated rings. The van der Waals surface area contributed by atoms with Gasteiger partial charge in [-0.3, -0.25) is 14.6 Å². The van der Waals surface area contributed by atoms with Crippen LogP contribution in [0.4, 0.5) is 5.69 Å². The predicted octanol–water partition coefficient (Wildman–Crippen LogP) is 3.20. The first-order valence-corrected chi connectivity index (χ1v) is 8.62. The van der Waals surface area contributed by atoms with Gasteiger partial charge in [0.2, 0.25) is 11.8 Å². The van der Waals surface area contributed by atoms with Gasteiger partial charge in [0.05, 0.1) is 6.54 Å². The lowest BCUT2D eigenvalue weighted by Crippen LogP contribution is -2.38. The van der Waals surface area contributed by atoms with Gasteiger partial charge in [-0.05, 0) is 43.0 Å². The molecule has 0 bridgehead atoms. The number of benzene rings is 1. The van der Waals surface area contributed by atoms with Crippen molar-refractivity contribution in [1.29, 1.82) is 0 Å². The Morgan fingerprint density at radius 1 is 1.16 bits per heavy atom. The Kier molecular flexibility index (Phi) is 7.14. The zero-order chi connectivity index (χ0) is 18.1. The summed E-state index contributed by atoms with van der Waals surface area (Å²) < 4.78 is 0. The maximum absolute atomic E-state index is 12.5. The van der Waals surface area contributed by atoms with Crippen LogP contribution in [-0.2, 0) is 16.0 Å². The van der Waals surface area contributed by atoms with Crippen molar-refractivity contribution in [3.63, 3.8) is 0 Å². The molecular formula is C20H25N3O2. The molecule has 2 aromatic rings. The minimum atomic E-state index is -0.169. The first kappa shape index (κ1) is 18.6. The van der Waals surface area contributed by atoms with Crippen molar-refractivity contribution in [3.8, 4) is 0 Å². The van der Waals surface area contributed by atoms with Gasteiger partial charge in [0.1, 0.15) is 0 Å². The monoisotopic (exact) mass is 339 g/mol. The van der Waals surface area contributed by atoms with Gasteiger partial charge in [-0.2, -0.15) is 0 Å². The standard InChI is InChI=1S/C20H25N3O2/c1-3-13-23(20(25)11-10-17-8-6-12-21-14-17)15-19(24)22-18-9-5-4-7-16(18)2/h4-9,12,14H,3,10-11,13,15H2,1-2H3,(H,22,24). The Labute approximate surface area is 149 Å². The lowest BCUT2D eigenvalue weighted by atomic mass is 10.1. The average molecular weight is 339 g/mol. The third kappa shape index (κ3) is 6.03. The summed E-state index contributed by atoms with van der Waals surface area (Å²) in [6.45, 7) is 4.60. The third-order valence-corrected chi connectivity index (χ3v) is 3.95. The minimum absolute atomic E-state index is 0.00867. The number of aryl methyl sites for hydroxylation is 2. The lowest BCUT2D eigenvalue weighted by Gasteiger charge is -2.22. The summed E-state index contributed by atoms with van der Waals surface area (Å²) >= 11 is 0. The van der Waals surface area contributed by atoms with E-state index in [1.54, 1.807) is 17.3 Å². The third-order valence-electron chi connectivity index (χ3n) is 3.95. The van der Waals surface area contributed by atoms with Gasteiger partial charge in [0, 0.05) is 31.0 Å². The molecule has 1 aromatic carbocycles. The van der Waals surface area contributed by atoms with Crippen molar-refractivity contribution in [2.24, 2.45) is 0 Å². The molecule has 5 heteroatoms. The largest absolute Gasteiger partial charge is 0.333 e. The molecule has 0 saturated heterocycles. The fourth-order valence-electron chi connectivity index (χ4n) is 2.59. The summed E-state index contributed by atoms with van der Waals surface area (Å²) in [6, 6.07) is 11.4. The molecule has 1 N–H and O–H groups in total. The molecule has 1 heterocycles. The number of aromatic nitrogens is 1. The van der Waals surface area contributed by atoms with E-state index in [-0.39, 0.29) is 18.4 Å². The molecule has 2 rings (SSSR count). The van der Waals surface area contributed by atoms with Crippen molar-refractivity contribution in [2.75, 3.05) is 18.4 Å². The molecular weight excluding hydrogens is 314 g/mol. The van der Waals surface area contributed by atoms with E-state index in [9.17, 15) is 9.59 Å². The Morgan fingerprint density at radius 3 is 2.64 bits per heavy atom. The average Bonchev–Trinajstić information content (AvgIpc) is 2.62. The first-order chi connectivity index (χ1) is 12.1. The molecule has 2 amide bonds. The molecule has 132 valence electrons. The molecule has 0 aliphatic carbocycles. The number of pyridine rings is 1. The van der Waals surface area contributed by atoms with Crippen molar-refractivity contribution < 1.29 is 9.59 Å². The molecule has 0 spiro atoms. The highest BCUT2D eigenvalue weighted by Gasteiger charge is 2.16. The summed E-state index contributed by atoms with van der Waals surface area (Å²) in [5, 5.41) is 2.88. The normalized spacial score (nSPS) is 10.3. The Bertz CT molecular complexity index is 701. The number of rotatable bonds is 8. The number of nitrogens with one attached hydrogen (secondary N) is 1. The Balaban J connectivity index is 1.91. The van der Waals surface area contributed by atoms with Crippen molar-refractivity contribution >= 4 is 17.5 Å². The first-order valence-electron chi connectivity index (χ1n) is 8.62. The van der Waals surface area contributed by atoms with Gasteiger partial charge in [-0.15, -0.1) is 0 Å². The highest BCUT2D eigenvalue weighted by Crippen LogP contribution is 2.13. The zero-order valence-electron chi connectivity index (χ0n) is 14.9. The summed E-state index contributed by atoms with van der Waals surface area (Å²) in [4.78, 5) is 30.5. The van der Waals surface area contributed by atoms with E-state index in [4.69, 9.17) is 0 Å². The minimum Gasteiger partial charge on any atom is -0.333 e. The fourth-order valence-corrected chi connectivity index (χ4v) is 2.59. The summed E-state index contributed by atoms with van der Waals surface area (Å²) in [5.74, 6) is -0.178. The number of nitrogens with zero attached hydrogens (tertiary/aromatic N) is 2. The smallest absolute Gasteiger partial charge is 0.244 e. The van der Waals surface area contributed by atoms with Crippen LogP contribution in [0.25, 0.3) is 0 Å². The van der Waals surface area contributed by atoms with E-state index >= 15 is 0 Å². The van der Waals surface area contributed by atoms with Gasteiger partial charge in [-0.1, -0.05) is 31.2 Å². The van der Waals surface area contributed by atoms with Gasteiger partial charge in [0.15, 0.2) is 0 Å². The fraction of sp³-hybridized carbons (Fsp3) is 0.350. The molecule has 1 aromatic heterocycles. The molecule has 0 saturated carbocycles. The highest BCUT2D eigenvalue weighted by atomic mass is 16.2. The molecule has 25 heavy (non-hydrogen) atoms. The number of hydrogen-bond acceptors (Lipinski definition) is 3. The number of hydrogen-bond donors (Lipinski definition) is 1. The molecule has 0 aliphatic rings. The molecule has 0 atom stereocenters. The number of carbonyl (C=O) groups is 2. The van der Waals surface area contributed by atoms with Crippen LogP contribution >= 0.6 is 0 Å². The summed E-state index contributed by atoms with van der Waals surface area (Å²) in [6.07, 6.45) is 5.30. The van der Waals surface area contributed by atoms with Gasteiger partial charge >= 0.3 is 0 Å². The second-order valence-corrected chi connectivity index (χ2v) is 6.04. The van der Waals surface area contributed by atoms with Crippen molar-refractivity contribution in [1.82, 2.24) is 9.88 Å². The van der Waals surface area contributed by atoms with Crippen molar-refractivity contribution in [3.05, 3.63) is 59.9 Å². The van der Waals surface area contributed by atoms with Crippen LogP contribution in [0, 0.1) is 6.92 Å². The lowest BCUT2D eigenvalue weighted by molar-refractivity contribution is -0.134. The summed E-state index contributed by atoms with van der Waals surface area (Å²) in [5.41, 5.74) is 2.81. The van der Waals surface area contributed by atoms with Gasteiger partial charge in [-0.25, -0.2) is 0 Å². The number of anilines is 1. The van der Waals surface area contributed by atoms with Crippen LogP contribution in [0.15, 0.2) is 48.8 Å². The van der Waals surface area contributed by atoms with Crippen LogP contribution in [0.5, 0.6) is 0 Å². The molecule has 0 unspecified atom stereocenters. The topological polar surface area (TPSA) is 62.3 Å². The second kappa shape index (κ2) is 9.57. The van der Waals surface area contributed by atoms with Gasteiger partial charge in [0.25, 0.3) is 0 Å². The predicted molar refractivity (Wildman–Crippen MR) is 99.2 cm³/mol. The van der Waals surface area contributed by atoms with E-state index in [1.807, 2.05) is 50.2 Å². The van der Waals surface area contributed by atoms with Crippen molar-refractivity contribution in [2.45, 2.75) is 33.1 Å². The second-order valence-electron chi connectivity index (χ2n) is 6.04. The van der Waals surface area contributed by atoms with Crippen LogP contribution < -0.4 is 5.32 Å². The van der Waals surface area contributed by atoms with E-state index < -0.39 is 0 Å². The zero-order valence-corrected chi connectivity index (χ0v) is 14.9. The Morgan fingerprint density at radius 2 is 1.96 bits per heavy atom. The van der Waals surface area contributed by atoms with E-state index in [2.05, 4.69) is 10.3 Å². The maximum atomic E-state index is 12.5. The molecule has 0 aliphatic heterocycles. The van der Waals surface area contributed by atoms with Crippen LogP contribution in [-0.4, -0.2) is 34.8 Å². The Hall–Kier alpha value is -2.69. The van der Waals surface area contributed by atoms with Gasteiger partial charge < -0.3 is 10.2 Å². The quantitative estimate of drug-likeness (QED) is 0.803. The van der Waals surface area contributed by atoms with Crippen LogP contribution in [0.3, 0.4) is 0 Å². The highest BCUT2D eigenvalue weighted by molar-refractivity contribution is 5.95. The number of amides is 2.